The van der Waals surface area contributed by atoms with Crippen LogP contribution in [-0.2, 0) is 16.1 Å². The monoisotopic (exact) mass is 373 g/mol. The van der Waals surface area contributed by atoms with E-state index in [-0.39, 0.29) is 29.3 Å². The number of hydrogen-bond acceptors (Lipinski definition) is 4. The molecular formula is C20H27N3O4. The maximum absolute atomic E-state index is 12.6. The second kappa shape index (κ2) is 7.68. The van der Waals surface area contributed by atoms with Crippen LogP contribution in [0.25, 0.3) is 0 Å². The Morgan fingerprint density at radius 2 is 2.04 bits per heavy atom. The highest BCUT2D eigenvalue weighted by atomic mass is 16.4. The average Bonchev–Trinajstić information content (AvgIpc) is 3.02. The van der Waals surface area contributed by atoms with Gasteiger partial charge < -0.3 is 15.3 Å². The maximum Gasteiger partial charge on any atom is 0.335 e. The van der Waals surface area contributed by atoms with Crippen LogP contribution in [0.2, 0.25) is 0 Å². The maximum atomic E-state index is 12.6. The fourth-order valence-corrected chi connectivity index (χ4v) is 4.19. The first-order chi connectivity index (χ1) is 12.8. The van der Waals surface area contributed by atoms with Gasteiger partial charge in [0.15, 0.2) is 0 Å². The SMILES string of the molecule is Cc1ccc(C(=O)O)cc1CNC(=O)CN1CCC2(CCCN(C)C2=O)C1. The molecule has 2 aliphatic rings. The molecule has 0 radical (unpaired) electrons. The van der Waals surface area contributed by atoms with Crippen LogP contribution in [-0.4, -0.2) is 65.9 Å². The van der Waals surface area contributed by atoms with Gasteiger partial charge in [-0.3, -0.25) is 14.5 Å². The van der Waals surface area contributed by atoms with Crippen LogP contribution in [0.15, 0.2) is 18.2 Å². The Bertz CT molecular complexity index is 764. The number of carboxylic acids is 1. The van der Waals surface area contributed by atoms with E-state index in [9.17, 15) is 14.4 Å². The van der Waals surface area contributed by atoms with Gasteiger partial charge in [-0.15, -0.1) is 0 Å². The summed E-state index contributed by atoms with van der Waals surface area (Å²) >= 11 is 0. The van der Waals surface area contributed by atoms with Crippen molar-refractivity contribution < 1.29 is 19.5 Å². The predicted octanol–water partition coefficient (Wildman–Crippen LogP) is 1.25. The Balaban J connectivity index is 1.54. The van der Waals surface area contributed by atoms with E-state index in [4.69, 9.17) is 5.11 Å². The van der Waals surface area contributed by atoms with Gasteiger partial charge in [0.05, 0.1) is 17.5 Å². The van der Waals surface area contributed by atoms with Crippen molar-refractivity contribution in [2.75, 3.05) is 33.2 Å². The molecule has 7 nitrogen and oxygen atoms in total. The highest BCUT2D eigenvalue weighted by Gasteiger charge is 2.47. The van der Waals surface area contributed by atoms with E-state index in [1.54, 1.807) is 18.2 Å². The molecule has 1 unspecified atom stereocenters. The molecule has 7 heteroatoms. The number of carboxylic acid groups (broad SMARTS) is 1. The highest BCUT2D eigenvalue weighted by Crippen LogP contribution is 2.39. The first kappa shape index (κ1) is 19.4. The van der Waals surface area contributed by atoms with E-state index in [1.807, 2.05) is 23.8 Å². The van der Waals surface area contributed by atoms with Crippen LogP contribution in [0.4, 0.5) is 0 Å². The lowest BCUT2D eigenvalue weighted by Gasteiger charge is -2.37. The summed E-state index contributed by atoms with van der Waals surface area (Å²) in [5.41, 5.74) is 1.63. The Hall–Kier alpha value is -2.41. The average molecular weight is 373 g/mol. The number of hydrogen-bond donors (Lipinski definition) is 2. The van der Waals surface area contributed by atoms with Crippen molar-refractivity contribution in [2.45, 2.75) is 32.7 Å². The minimum absolute atomic E-state index is 0.108. The quantitative estimate of drug-likeness (QED) is 0.811. The summed E-state index contributed by atoms with van der Waals surface area (Å²) in [6.45, 7) is 4.65. The number of rotatable bonds is 5. The minimum atomic E-state index is -0.980. The Morgan fingerprint density at radius 1 is 1.26 bits per heavy atom. The standard InChI is InChI=1S/C20H27N3O4/c1-14-4-5-15(18(25)26)10-16(14)11-21-17(24)12-23-9-7-20(13-23)6-3-8-22(2)19(20)27/h4-5,10H,3,6-9,11-13H2,1-2H3,(H,21,24)(H,25,26). The molecule has 1 aromatic carbocycles. The number of carbonyl (C=O) groups is 3. The van der Waals surface area contributed by atoms with Gasteiger partial charge >= 0.3 is 5.97 Å². The second-order valence-corrected chi connectivity index (χ2v) is 7.79. The number of nitrogens with one attached hydrogen (secondary N) is 1. The molecule has 0 aromatic heterocycles. The van der Waals surface area contributed by atoms with E-state index >= 15 is 0 Å². The Kier molecular flexibility index (Phi) is 5.51. The van der Waals surface area contributed by atoms with Crippen molar-refractivity contribution in [3.8, 4) is 0 Å². The summed E-state index contributed by atoms with van der Waals surface area (Å²) in [4.78, 5) is 39.9. The number of likely N-dealkylation sites (tertiary alicyclic amines) is 2. The fourth-order valence-electron chi connectivity index (χ4n) is 4.19. The molecule has 1 atom stereocenters. The molecule has 3 rings (SSSR count). The van der Waals surface area contributed by atoms with E-state index in [1.165, 1.54) is 0 Å². The van der Waals surface area contributed by atoms with E-state index in [2.05, 4.69) is 5.32 Å². The molecule has 2 fully saturated rings. The minimum Gasteiger partial charge on any atom is -0.478 e. The number of nitrogens with zero attached hydrogens (tertiary/aromatic N) is 2. The fraction of sp³-hybridized carbons (Fsp3) is 0.550. The van der Waals surface area contributed by atoms with Gasteiger partial charge in [-0.25, -0.2) is 4.79 Å². The van der Waals surface area contributed by atoms with Crippen LogP contribution < -0.4 is 5.32 Å². The van der Waals surface area contributed by atoms with E-state index in [0.717, 1.165) is 43.5 Å². The second-order valence-electron chi connectivity index (χ2n) is 7.79. The molecule has 2 saturated heterocycles. The molecule has 0 bridgehead atoms. The van der Waals surface area contributed by atoms with Crippen molar-refractivity contribution in [2.24, 2.45) is 5.41 Å². The van der Waals surface area contributed by atoms with Crippen molar-refractivity contribution in [3.63, 3.8) is 0 Å². The molecule has 1 aromatic rings. The normalized spacial score (nSPS) is 23.0. The summed E-state index contributed by atoms with van der Waals surface area (Å²) in [5.74, 6) is -0.881. The van der Waals surface area contributed by atoms with Crippen molar-refractivity contribution >= 4 is 17.8 Å². The van der Waals surface area contributed by atoms with Crippen LogP contribution in [0, 0.1) is 12.3 Å². The van der Waals surface area contributed by atoms with Gasteiger partial charge in [0.25, 0.3) is 0 Å². The lowest BCUT2D eigenvalue weighted by molar-refractivity contribution is -0.144. The molecule has 0 aliphatic carbocycles. The molecule has 2 N–H and O–H groups in total. The zero-order valence-corrected chi connectivity index (χ0v) is 16.0. The highest BCUT2D eigenvalue weighted by molar-refractivity contribution is 5.88. The summed E-state index contributed by atoms with van der Waals surface area (Å²) in [7, 11) is 1.85. The van der Waals surface area contributed by atoms with Gasteiger partial charge in [0.2, 0.25) is 11.8 Å². The van der Waals surface area contributed by atoms with Gasteiger partial charge in [0, 0.05) is 26.7 Å². The smallest absolute Gasteiger partial charge is 0.335 e. The lowest BCUT2D eigenvalue weighted by atomic mass is 9.78. The number of aryl methyl sites for hydroxylation is 1. The molecule has 146 valence electrons. The van der Waals surface area contributed by atoms with Crippen LogP contribution in [0.3, 0.4) is 0 Å². The molecule has 2 aliphatic heterocycles. The molecule has 1 spiro atoms. The zero-order valence-electron chi connectivity index (χ0n) is 16.0. The summed E-state index contributed by atoms with van der Waals surface area (Å²) in [6, 6.07) is 4.91. The topological polar surface area (TPSA) is 89.9 Å². The number of aromatic carboxylic acids is 1. The molecule has 2 amide bonds. The summed E-state index contributed by atoms with van der Waals surface area (Å²) in [6.07, 6.45) is 2.72. The summed E-state index contributed by atoms with van der Waals surface area (Å²) in [5, 5.41) is 12.0. The third kappa shape index (κ3) is 4.13. The van der Waals surface area contributed by atoms with Gasteiger partial charge in [-0.05, 0) is 56.0 Å². The van der Waals surface area contributed by atoms with E-state index < -0.39 is 5.97 Å². The van der Waals surface area contributed by atoms with Crippen molar-refractivity contribution in [3.05, 3.63) is 34.9 Å². The van der Waals surface area contributed by atoms with Gasteiger partial charge in [0.1, 0.15) is 0 Å². The molecule has 27 heavy (non-hydrogen) atoms. The summed E-state index contributed by atoms with van der Waals surface area (Å²) < 4.78 is 0. The van der Waals surface area contributed by atoms with Gasteiger partial charge in [-0.1, -0.05) is 6.07 Å². The van der Waals surface area contributed by atoms with E-state index in [0.29, 0.717) is 13.1 Å². The van der Waals surface area contributed by atoms with Crippen LogP contribution in [0.5, 0.6) is 0 Å². The lowest BCUT2D eigenvalue weighted by Crippen LogP contribution is -2.48. The van der Waals surface area contributed by atoms with Crippen LogP contribution >= 0.6 is 0 Å². The number of piperidine rings is 1. The first-order valence-electron chi connectivity index (χ1n) is 9.38. The number of amides is 2. The number of carbonyl (C=O) groups excluding carboxylic acids is 2. The largest absolute Gasteiger partial charge is 0.478 e. The third-order valence-electron chi connectivity index (χ3n) is 5.82. The van der Waals surface area contributed by atoms with Gasteiger partial charge in [-0.2, -0.15) is 0 Å². The zero-order chi connectivity index (χ0) is 19.6. The molecular weight excluding hydrogens is 346 g/mol. The first-order valence-corrected chi connectivity index (χ1v) is 9.38. The Labute approximate surface area is 159 Å². The van der Waals surface area contributed by atoms with Crippen LogP contribution in [0.1, 0.15) is 40.7 Å². The van der Waals surface area contributed by atoms with Crippen molar-refractivity contribution in [1.29, 1.82) is 0 Å². The molecule has 2 heterocycles. The molecule has 0 saturated carbocycles. The predicted molar refractivity (Wildman–Crippen MR) is 100 cm³/mol. The third-order valence-corrected chi connectivity index (χ3v) is 5.82. The number of benzene rings is 1. The Morgan fingerprint density at radius 3 is 2.78 bits per heavy atom. The van der Waals surface area contributed by atoms with Crippen molar-refractivity contribution in [1.82, 2.24) is 15.1 Å².